The highest BCUT2D eigenvalue weighted by Crippen LogP contribution is 2.38. The molecule has 0 aliphatic rings. The SMILES string of the molecule is O=[N+]([O-])c1ccc(-c2cc3cc(Br)cc(Br)c3o2)s1. The van der Waals surface area contributed by atoms with Gasteiger partial charge >= 0.3 is 5.00 Å². The third-order valence-corrected chi connectivity index (χ3v) is 4.65. The Morgan fingerprint density at radius 3 is 2.68 bits per heavy atom. The normalized spacial score (nSPS) is 11.1. The van der Waals surface area contributed by atoms with Crippen molar-refractivity contribution >= 4 is 59.2 Å². The number of benzene rings is 1. The third-order valence-electron chi connectivity index (χ3n) is 2.55. The molecule has 7 heteroatoms. The van der Waals surface area contributed by atoms with Crippen LogP contribution in [-0.2, 0) is 0 Å². The summed E-state index contributed by atoms with van der Waals surface area (Å²) in [5, 5.41) is 11.7. The van der Waals surface area contributed by atoms with E-state index in [0.29, 0.717) is 5.76 Å². The Kier molecular flexibility index (Phi) is 3.20. The van der Waals surface area contributed by atoms with E-state index in [-0.39, 0.29) is 5.00 Å². The van der Waals surface area contributed by atoms with Crippen LogP contribution in [0, 0.1) is 10.1 Å². The molecule has 3 rings (SSSR count). The van der Waals surface area contributed by atoms with Gasteiger partial charge in [0, 0.05) is 15.9 Å². The van der Waals surface area contributed by atoms with Crippen LogP contribution in [0.2, 0.25) is 0 Å². The van der Waals surface area contributed by atoms with Crippen LogP contribution < -0.4 is 0 Å². The molecule has 2 aromatic heterocycles. The Labute approximate surface area is 128 Å². The zero-order valence-electron chi connectivity index (χ0n) is 9.22. The van der Waals surface area contributed by atoms with Crippen molar-refractivity contribution in [1.82, 2.24) is 0 Å². The van der Waals surface area contributed by atoms with Gasteiger partial charge in [-0.2, -0.15) is 0 Å². The first-order valence-electron chi connectivity index (χ1n) is 5.18. The summed E-state index contributed by atoms with van der Waals surface area (Å²) >= 11 is 7.95. The fourth-order valence-electron chi connectivity index (χ4n) is 1.76. The maximum atomic E-state index is 10.7. The van der Waals surface area contributed by atoms with Gasteiger partial charge in [0.25, 0.3) is 0 Å². The molecule has 0 saturated carbocycles. The largest absolute Gasteiger partial charge is 0.454 e. The molecule has 96 valence electrons. The van der Waals surface area contributed by atoms with Crippen molar-refractivity contribution < 1.29 is 9.34 Å². The van der Waals surface area contributed by atoms with Gasteiger partial charge in [-0.3, -0.25) is 10.1 Å². The Morgan fingerprint density at radius 1 is 1.21 bits per heavy atom. The van der Waals surface area contributed by atoms with Gasteiger partial charge in [-0.25, -0.2) is 0 Å². The van der Waals surface area contributed by atoms with Crippen molar-refractivity contribution in [3.05, 3.63) is 49.4 Å². The molecule has 0 fully saturated rings. The molecule has 3 aromatic rings. The van der Waals surface area contributed by atoms with Crippen LogP contribution in [0.1, 0.15) is 0 Å². The highest BCUT2D eigenvalue weighted by molar-refractivity contribution is 9.11. The molecule has 0 spiro atoms. The number of halogens is 2. The predicted molar refractivity (Wildman–Crippen MR) is 81.6 cm³/mol. The fourth-order valence-corrected chi connectivity index (χ4v) is 3.87. The minimum atomic E-state index is -0.399. The summed E-state index contributed by atoms with van der Waals surface area (Å²) in [6.45, 7) is 0. The molecule has 19 heavy (non-hydrogen) atoms. The summed E-state index contributed by atoms with van der Waals surface area (Å²) in [6.07, 6.45) is 0. The van der Waals surface area contributed by atoms with Gasteiger partial charge in [-0.15, -0.1) is 0 Å². The van der Waals surface area contributed by atoms with Gasteiger partial charge in [0.15, 0.2) is 0 Å². The number of thiophene rings is 1. The lowest BCUT2D eigenvalue weighted by atomic mass is 10.2. The van der Waals surface area contributed by atoms with Crippen molar-refractivity contribution in [2.45, 2.75) is 0 Å². The van der Waals surface area contributed by atoms with Crippen LogP contribution in [0.25, 0.3) is 21.6 Å². The molecule has 0 atom stereocenters. The Bertz CT molecular complexity index is 793. The van der Waals surface area contributed by atoms with E-state index in [1.807, 2.05) is 18.2 Å². The highest BCUT2D eigenvalue weighted by atomic mass is 79.9. The Morgan fingerprint density at radius 2 is 2.00 bits per heavy atom. The van der Waals surface area contributed by atoms with E-state index in [4.69, 9.17) is 4.42 Å². The molecule has 0 aliphatic carbocycles. The van der Waals surface area contributed by atoms with E-state index in [9.17, 15) is 10.1 Å². The minimum absolute atomic E-state index is 0.107. The van der Waals surface area contributed by atoms with Crippen molar-refractivity contribution in [2.75, 3.05) is 0 Å². The molecule has 0 saturated heterocycles. The number of nitrogens with zero attached hydrogens (tertiary/aromatic N) is 1. The van der Waals surface area contributed by atoms with Crippen LogP contribution in [0.15, 0.2) is 43.7 Å². The number of furan rings is 1. The predicted octanol–water partition coefficient (Wildman–Crippen LogP) is 5.59. The maximum Gasteiger partial charge on any atom is 0.324 e. The first-order valence-corrected chi connectivity index (χ1v) is 7.58. The third kappa shape index (κ3) is 2.33. The lowest BCUT2D eigenvalue weighted by Gasteiger charge is -1.93. The van der Waals surface area contributed by atoms with Crippen molar-refractivity contribution in [3.63, 3.8) is 0 Å². The average molecular weight is 403 g/mol. The first-order chi connectivity index (χ1) is 9.04. The Hall–Kier alpha value is -1.18. The van der Waals surface area contributed by atoms with Gasteiger partial charge < -0.3 is 4.42 Å². The van der Waals surface area contributed by atoms with Gasteiger partial charge in [0.1, 0.15) is 11.3 Å². The first kappa shape index (κ1) is 12.8. The molecule has 0 radical (unpaired) electrons. The number of rotatable bonds is 2. The van der Waals surface area contributed by atoms with E-state index in [1.54, 1.807) is 6.07 Å². The molecule has 2 heterocycles. The van der Waals surface area contributed by atoms with E-state index >= 15 is 0 Å². The van der Waals surface area contributed by atoms with Crippen molar-refractivity contribution in [2.24, 2.45) is 0 Å². The summed E-state index contributed by atoms with van der Waals surface area (Å²) < 4.78 is 7.54. The molecule has 4 nitrogen and oxygen atoms in total. The number of fused-ring (bicyclic) bond motifs is 1. The molecule has 0 bridgehead atoms. The summed E-state index contributed by atoms with van der Waals surface area (Å²) in [4.78, 5) is 11.0. The summed E-state index contributed by atoms with van der Waals surface area (Å²) in [5.41, 5.74) is 0.731. The zero-order chi connectivity index (χ0) is 13.6. The maximum absolute atomic E-state index is 10.7. The standard InChI is InChI=1S/C12H5Br2NO3S/c13-7-3-6-4-9(18-12(6)8(14)5-7)10-1-2-11(19-10)15(16)17/h1-5H. The second-order valence-electron chi connectivity index (χ2n) is 3.81. The quantitative estimate of drug-likeness (QED) is 0.414. The van der Waals surface area contributed by atoms with E-state index < -0.39 is 4.92 Å². The van der Waals surface area contributed by atoms with Gasteiger partial charge in [-0.1, -0.05) is 27.3 Å². The lowest BCUT2D eigenvalue weighted by molar-refractivity contribution is -0.380. The summed E-state index contributed by atoms with van der Waals surface area (Å²) in [5.74, 6) is 0.631. The van der Waals surface area contributed by atoms with Crippen LogP contribution in [0.5, 0.6) is 0 Å². The second kappa shape index (κ2) is 4.73. The monoisotopic (exact) mass is 401 g/mol. The molecular formula is C12H5Br2NO3S. The molecule has 0 aliphatic heterocycles. The highest BCUT2D eigenvalue weighted by Gasteiger charge is 2.15. The Balaban J connectivity index is 2.14. The molecule has 0 N–H and O–H groups in total. The van der Waals surface area contributed by atoms with Crippen LogP contribution in [-0.4, -0.2) is 4.92 Å². The zero-order valence-corrected chi connectivity index (χ0v) is 13.2. The topological polar surface area (TPSA) is 56.3 Å². The molecule has 0 amide bonds. The van der Waals surface area contributed by atoms with Crippen LogP contribution in [0.4, 0.5) is 5.00 Å². The average Bonchev–Trinajstić information content (AvgIpc) is 2.92. The van der Waals surface area contributed by atoms with Gasteiger partial charge in [0.2, 0.25) is 0 Å². The van der Waals surface area contributed by atoms with Gasteiger partial charge in [0.05, 0.1) is 14.3 Å². The van der Waals surface area contributed by atoms with Crippen LogP contribution >= 0.6 is 43.2 Å². The van der Waals surface area contributed by atoms with E-state index in [1.165, 1.54) is 6.07 Å². The minimum Gasteiger partial charge on any atom is -0.454 e. The van der Waals surface area contributed by atoms with Crippen molar-refractivity contribution in [3.8, 4) is 10.6 Å². The smallest absolute Gasteiger partial charge is 0.324 e. The summed E-state index contributed by atoms with van der Waals surface area (Å²) in [6, 6.07) is 8.89. The second-order valence-corrected chi connectivity index (χ2v) is 6.64. The molecule has 1 aromatic carbocycles. The van der Waals surface area contributed by atoms with Crippen molar-refractivity contribution in [1.29, 1.82) is 0 Å². The van der Waals surface area contributed by atoms with E-state index in [2.05, 4.69) is 31.9 Å². The molecule has 0 unspecified atom stereocenters. The number of hydrogen-bond acceptors (Lipinski definition) is 4. The number of hydrogen-bond donors (Lipinski definition) is 0. The van der Waals surface area contributed by atoms with Crippen LogP contribution in [0.3, 0.4) is 0 Å². The van der Waals surface area contributed by atoms with E-state index in [0.717, 1.165) is 36.1 Å². The number of nitro groups is 1. The molecular weight excluding hydrogens is 398 g/mol. The van der Waals surface area contributed by atoms with Gasteiger partial charge in [-0.05, 0) is 40.2 Å². The fraction of sp³-hybridized carbons (Fsp3) is 0. The summed E-state index contributed by atoms with van der Waals surface area (Å²) in [7, 11) is 0. The lowest BCUT2D eigenvalue weighted by Crippen LogP contribution is -1.80.